The number of aromatic nitrogens is 1. The van der Waals surface area contributed by atoms with Crippen LogP contribution < -0.4 is 18.9 Å². The second-order valence-electron chi connectivity index (χ2n) is 7.37. The van der Waals surface area contributed by atoms with Crippen molar-refractivity contribution in [2.75, 3.05) is 27.4 Å². The van der Waals surface area contributed by atoms with Crippen molar-refractivity contribution in [2.24, 2.45) is 5.92 Å². The predicted molar refractivity (Wildman–Crippen MR) is 125 cm³/mol. The third-order valence-corrected chi connectivity index (χ3v) is 4.71. The number of nitrogens with zero attached hydrogens (tertiary/aromatic N) is 1. The summed E-state index contributed by atoms with van der Waals surface area (Å²) in [6, 6.07) is 6.62. The first kappa shape index (κ1) is 25.1. The van der Waals surface area contributed by atoms with Gasteiger partial charge in [0.15, 0.2) is 28.8 Å². The number of rotatable bonds is 9. The number of carbonyl (C=O) groups is 1. The Kier molecular flexibility index (Phi) is 8.55. The molecule has 0 radical (unpaired) electrons. The fraction of sp³-hybridized carbons (Fsp3) is 0.333. The summed E-state index contributed by atoms with van der Waals surface area (Å²) in [5.74, 6) is 1.58. The van der Waals surface area contributed by atoms with Gasteiger partial charge in [-0.15, -0.1) is 12.4 Å². The largest absolute Gasteiger partial charge is 0.504 e. The van der Waals surface area contributed by atoms with Crippen molar-refractivity contribution in [1.29, 1.82) is 0 Å². The van der Waals surface area contributed by atoms with Crippen LogP contribution in [0.25, 0.3) is 10.8 Å². The Morgan fingerprint density at radius 1 is 1.00 bits per heavy atom. The van der Waals surface area contributed by atoms with Gasteiger partial charge in [-0.1, -0.05) is 13.8 Å². The highest BCUT2D eigenvalue weighted by atomic mass is 35.5. The number of fused-ring (bicyclic) bond motifs is 1. The Balaban J connectivity index is 0.00000363. The van der Waals surface area contributed by atoms with Crippen molar-refractivity contribution >= 4 is 29.0 Å². The average Bonchev–Trinajstić information content (AvgIpc) is 2.78. The Bertz CT molecular complexity index is 1070. The number of pyridine rings is 1. The van der Waals surface area contributed by atoms with E-state index < -0.39 is 0 Å². The molecule has 0 saturated carbocycles. The van der Waals surface area contributed by atoms with Gasteiger partial charge in [-0.25, -0.2) is 0 Å². The van der Waals surface area contributed by atoms with E-state index in [1.54, 1.807) is 24.3 Å². The molecule has 32 heavy (non-hydrogen) atoms. The zero-order chi connectivity index (χ0) is 22.5. The average molecular weight is 462 g/mol. The Morgan fingerprint density at radius 2 is 1.66 bits per heavy atom. The number of hydrogen-bond donors (Lipinski definition) is 1. The van der Waals surface area contributed by atoms with Gasteiger partial charge in [0, 0.05) is 28.9 Å². The minimum absolute atomic E-state index is 0. The van der Waals surface area contributed by atoms with Crippen LogP contribution in [0.2, 0.25) is 0 Å². The van der Waals surface area contributed by atoms with Crippen LogP contribution in [0.3, 0.4) is 0 Å². The molecule has 0 aliphatic heterocycles. The van der Waals surface area contributed by atoms with E-state index in [2.05, 4.69) is 4.98 Å². The van der Waals surface area contributed by atoms with Crippen LogP contribution in [-0.4, -0.2) is 43.3 Å². The minimum atomic E-state index is -0.284. The maximum Gasteiger partial charge on any atom is 0.203 e. The van der Waals surface area contributed by atoms with E-state index in [-0.39, 0.29) is 23.9 Å². The predicted octanol–water partition coefficient (Wildman–Crippen LogP) is 5.04. The van der Waals surface area contributed by atoms with Crippen molar-refractivity contribution < 1.29 is 28.8 Å². The van der Waals surface area contributed by atoms with Gasteiger partial charge < -0.3 is 24.1 Å². The van der Waals surface area contributed by atoms with Gasteiger partial charge in [0.25, 0.3) is 0 Å². The van der Waals surface area contributed by atoms with E-state index in [0.717, 1.165) is 0 Å². The standard InChI is InChI=1S/C24H27NO6.ClH/c1-6-30-19-8-7-16-17(11-25-12-18(16)23(19)27)22(26)15-9-20(28-4)24(21(10-15)29-5)31-13-14(2)3;/h7-12,14,27H,6,13H2,1-5H3;1H. The van der Waals surface area contributed by atoms with E-state index in [1.807, 2.05) is 20.8 Å². The number of methoxy groups -OCH3 is 2. The summed E-state index contributed by atoms with van der Waals surface area (Å²) in [4.78, 5) is 17.5. The molecule has 0 bridgehead atoms. The second kappa shape index (κ2) is 10.9. The zero-order valence-electron chi connectivity index (χ0n) is 18.8. The molecule has 0 atom stereocenters. The first-order valence-electron chi connectivity index (χ1n) is 10.1. The third-order valence-electron chi connectivity index (χ3n) is 4.71. The lowest BCUT2D eigenvalue weighted by Crippen LogP contribution is -2.09. The Labute approximate surface area is 193 Å². The summed E-state index contributed by atoms with van der Waals surface area (Å²) in [5, 5.41) is 11.5. The smallest absolute Gasteiger partial charge is 0.203 e. The maximum absolute atomic E-state index is 13.4. The summed E-state index contributed by atoms with van der Waals surface area (Å²) in [5.41, 5.74) is 0.698. The van der Waals surface area contributed by atoms with Crippen LogP contribution in [0.15, 0.2) is 36.7 Å². The molecule has 8 heteroatoms. The molecular formula is C24H28ClNO6. The van der Waals surface area contributed by atoms with Gasteiger partial charge in [0.2, 0.25) is 5.75 Å². The maximum atomic E-state index is 13.4. The highest BCUT2D eigenvalue weighted by Gasteiger charge is 2.21. The molecule has 172 valence electrons. The molecule has 1 heterocycles. The molecule has 3 rings (SSSR count). The van der Waals surface area contributed by atoms with E-state index in [4.69, 9.17) is 18.9 Å². The lowest BCUT2D eigenvalue weighted by molar-refractivity contribution is 0.103. The van der Waals surface area contributed by atoms with Gasteiger partial charge in [-0.3, -0.25) is 9.78 Å². The lowest BCUT2D eigenvalue weighted by Gasteiger charge is -2.17. The van der Waals surface area contributed by atoms with Gasteiger partial charge in [0.1, 0.15) is 0 Å². The monoisotopic (exact) mass is 461 g/mol. The highest BCUT2D eigenvalue weighted by molar-refractivity contribution is 6.17. The molecule has 0 aliphatic rings. The molecular weight excluding hydrogens is 434 g/mol. The quantitative estimate of drug-likeness (QED) is 0.446. The molecule has 0 saturated heterocycles. The summed E-state index contributed by atoms with van der Waals surface area (Å²) < 4.78 is 22.2. The van der Waals surface area contributed by atoms with Crippen LogP contribution in [0.1, 0.15) is 36.7 Å². The van der Waals surface area contributed by atoms with Crippen molar-refractivity contribution in [3.05, 3.63) is 47.8 Å². The number of benzene rings is 2. The Morgan fingerprint density at radius 3 is 2.22 bits per heavy atom. The molecule has 7 nitrogen and oxygen atoms in total. The van der Waals surface area contributed by atoms with Gasteiger partial charge >= 0.3 is 0 Å². The molecule has 1 aromatic heterocycles. The summed E-state index contributed by atoms with van der Waals surface area (Å²) in [6.07, 6.45) is 2.99. The number of carbonyl (C=O) groups excluding carboxylic acids is 1. The zero-order valence-corrected chi connectivity index (χ0v) is 19.6. The van der Waals surface area contributed by atoms with Crippen LogP contribution >= 0.6 is 12.4 Å². The van der Waals surface area contributed by atoms with Gasteiger partial charge in [-0.05, 0) is 42.5 Å². The molecule has 0 amide bonds. The topological polar surface area (TPSA) is 87.1 Å². The second-order valence-corrected chi connectivity index (χ2v) is 7.37. The minimum Gasteiger partial charge on any atom is -0.504 e. The van der Waals surface area contributed by atoms with Crippen molar-refractivity contribution in [1.82, 2.24) is 4.98 Å². The van der Waals surface area contributed by atoms with E-state index in [0.29, 0.717) is 64.0 Å². The SMILES string of the molecule is CCOc1ccc2c(C(=O)c3cc(OC)c(OCC(C)C)c(OC)c3)cncc2c1O.Cl. The van der Waals surface area contributed by atoms with E-state index in [1.165, 1.54) is 26.6 Å². The number of phenolic OH excluding ortho intramolecular Hbond substituents is 1. The molecule has 2 aromatic carbocycles. The molecule has 0 fully saturated rings. The number of ether oxygens (including phenoxy) is 4. The van der Waals surface area contributed by atoms with Crippen LogP contribution in [0, 0.1) is 5.92 Å². The fourth-order valence-corrected chi connectivity index (χ4v) is 3.22. The fourth-order valence-electron chi connectivity index (χ4n) is 3.22. The van der Waals surface area contributed by atoms with Crippen LogP contribution in [0.4, 0.5) is 0 Å². The number of ketones is 1. The van der Waals surface area contributed by atoms with Crippen molar-refractivity contribution in [3.63, 3.8) is 0 Å². The highest BCUT2D eigenvalue weighted by Crippen LogP contribution is 2.40. The van der Waals surface area contributed by atoms with Crippen LogP contribution in [0.5, 0.6) is 28.7 Å². The van der Waals surface area contributed by atoms with Gasteiger partial charge in [0.05, 0.1) is 27.4 Å². The first-order valence-corrected chi connectivity index (χ1v) is 10.1. The van der Waals surface area contributed by atoms with Crippen molar-refractivity contribution in [2.45, 2.75) is 20.8 Å². The van der Waals surface area contributed by atoms with E-state index in [9.17, 15) is 9.90 Å². The number of halogens is 1. The molecule has 0 spiro atoms. The number of hydrogen-bond acceptors (Lipinski definition) is 7. The number of phenols is 1. The van der Waals surface area contributed by atoms with Crippen molar-refractivity contribution in [3.8, 4) is 28.7 Å². The number of aromatic hydroxyl groups is 1. The molecule has 0 aliphatic carbocycles. The van der Waals surface area contributed by atoms with Gasteiger partial charge in [-0.2, -0.15) is 0 Å². The molecule has 3 aromatic rings. The summed E-state index contributed by atoms with van der Waals surface area (Å²) in [7, 11) is 3.02. The lowest BCUT2D eigenvalue weighted by atomic mass is 9.98. The summed E-state index contributed by atoms with van der Waals surface area (Å²) in [6.45, 7) is 6.80. The Hall–Kier alpha value is -3.19. The first-order chi connectivity index (χ1) is 14.9. The normalized spacial score (nSPS) is 10.6. The third kappa shape index (κ3) is 4.99. The van der Waals surface area contributed by atoms with E-state index >= 15 is 0 Å². The molecule has 1 N–H and O–H groups in total. The van der Waals surface area contributed by atoms with Crippen LogP contribution in [-0.2, 0) is 0 Å². The summed E-state index contributed by atoms with van der Waals surface area (Å²) >= 11 is 0. The molecule has 0 unspecified atom stereocenters.